The van der Waals surface area contributed by atoms with Crippen LogP contribution in [0.2, 0.25) is 0 Å². The molecule has 5 nitrogen and oxygen atoms in total. The van der Waals surface area contributed by atoms with Crippen molar-refractivity contribution in [1.82, 2.24) is 9.55 Å². The van der Waals surface area contributed by atoms with E-state index < -0.39 is 4.92 Å². The quantitative estimate of drug-likeness (QED) is 0.554. The van der Waals surface area contributed by atoms with Crippen molar-refractivity contribution in [3.63, 3.8) is 0 Å². The van der Waals surface area contributed by atoms with Crippen LogP contribution in [-0.4, -0.2) is 14.5 Å². The van der Waals surface area contributed by atoms with E-state index in [1.807, 2.05) is 17.7 Å². The number of nitro benzene ring substituents is 1. The molecule has 0 N–H and O–H groups in total. The van der Waals surface area contributed by atoms with Crippen molar-refractivity contribution in [3.8, 4) is 11.3 Å². The molecule has 15 heavy (non-hydrogen) atoms. The number of aromatic nitrogens is 2. The van der Waals surface area contributed by atoms with Crippen molar-refractivity contribution in [2.24, 2.45) is 7.05 Å². The first-order chi connectivity index (χ1) is 7.18. The summed E-state index contributed by atoms with van der Waals surface area (Å²) in [4.78, 5) is 14.2. The second-order valence-electron chi connectivity index (χ2n) is 3.20. The lowest BCUT2D eigenvalue weighted by Crippen LogP contribution is -1.91. The molecule has 2 rings (SSSR count). The number of hydrogen-bond acceptors (Lipinski definition) is 3. The normalized spacial score (nSPS) is 10.2. The van der Waals surface area contributed by atoms with Gasteiger partial charge in [-0.2, -0.15) is 0 Å². The summed E-state index contributed by atoms with van der Waals surface area (Å²) in [7, 11) is 1.85. The molecule has 0 saturated heterocycles. The molecule has 0 atom stereocenters. The van der Waals surface area contributed by atoms with E-state index in [4.69, 9.17) is 0 Å². The van der Waals surface area contributed by atoms with Crippen LogP contribution in [0.15, 0.2) is 36.8 Å². The first kappa shape index (κ1) is 9.39. The van der Waals surface area contributed by atoms with Gasteiger partial charge in [0.2, 0.25) is 0 Å². The number of aryl methyl sites for hydroxylation is 1. The molecule has 0 saturated carbocycles. The van der Waals surface area contributed by atoms with Gasteiger partial charge in [0.1, 0.15) is 0 Å². The van der Waals surface area contributed by atoms with E-state index in [1.54, 1.807) is 18.6 Å². The van der Waals surface area contributed by atoms with Crippen LogP contribution >= 0.6 is 0 Å². The summed E-state index contributed by atoms with van der Waals surface area (Å²) in [6.07, 6.45) is 3.34. The third-order valence-corrected chi connectivity index (χ3v) is 2.17. The number of rotatable bonds is 2. The molecule has 0 amide bonds. The number of hydrogen-bond donors (Lipinski definition) is 0. The maximum Gasteiger partial charge on any atom is 0.270 e. The van der Waals surface area contributed by atoms with Gasteiger partial charge in [-0.05, 0) is 0 Å². The summed E-state index contributed by atoms with van der Waals surface area (Å²) in [6, 6.07) is 6.50. The zero-order chi connectivity index (χ0) is 10.8. The molecule has 0 radical (unpaired) electrons. The molecular weight excluding hydrogens is 194 g/mol. The monoisotopic (exact) mass is 203 g/mol. The van der Waals surface area contributed by atoms with E-state index in [-0.39, 0.29) is 5.69 Å². The molecule has 1 aromatic heterocycles. The summed E-state index contributed by atoms with van der Waals surface area (Å²) in [5.74, 6) is 0. The van der Waals surface area contributed by atoms with E-state index >= 15 is 0 Å². The fourth-order valence-corrected chi connectivity index (χ4v) is 1.41. The standard InChI is InChI=1S/C10H9N3O2/c1-12-7-11-6-10(12)8-3-2-4-9(5-8)13(14)15/h2-7H,1H3. The highest BCUT2D eigenvalue weighted by atomic mass is 16.6. The Balaban J connectivity index is 2.50. The third kappa shape index (κ3) is 1.71. The van der Waals surface area contributed by atoms with Gasteiger partial charge in [-0.25, -0.2) is 4.98 Å². The van der Waals surface area contributed by atoms with Gasteiger partial charge in [-0.15, -0.1) is 0 Å². The molecule has 0 unspecified atom stereocenters. The minimum atomic E-state index is -0.403. The minimum absolute atomic E-state index is 0.0914. The highest BCUT2D eigenvalue weighted by Gasteiger charge is 2.08. The Morgan fingerprint density at radius 3 is 2.87 bits per heavy atom. The van der Waals surface area contributed by atoms with Gasteiger partial charge < -0.3 is 4.57 Å². The lowest BCUT2D eigenvalue weighted by Gasteiger charge is -2.01. The third-order valence-electron chi connectivity index (χ3n) is 2.17. The van der Waals surface area contributed by atoms with Crippen LogP contribution in [0.1, 0.15) is 0 Å². The predicted molar refractivity (Wildman–Crippen MR) is 55.3 cm³/mol. The van der Waals surface area contributed by atoms with Crippen LogP contribution in [0.25, 0.3) is 11.3 Å². The Morgan fingerprint density at radius 2 is 2.27 bits per heavy atom. The van der Waals surface area contributed by atoms with Gasteiger partial charge in [-0.1, -0.05) is 12.1 Å². The Hall–Kier alpha value is -2.17. The maximum absolute atomic E-state index is 10.6. The Labute approximate surface area is 86.1 Å². The van der Waals surface area contributed by atoms with Crippen molar-refractivity contribution in [2.75, 3.05) is 0 Å². The van der Waals surface area contributed by atoms with Crippen LogP contribution in [0.3, 0.4) is 0 Å². The molecule has 0 fully saturated rings. The summed E-state index contributed by atoms with van der Waals surface area (Å²) < 4.78 is 1.82. The van der Waals surface area contributed by atoms with Crippen LogP contribution < -0.4 is 0 Å². The van der Waals surface area contributed by atoms with Crippen molar-refractivity contribution in [2.45, 2.75) is 0 Å². The van der Waals surface area contributed by atoms with Crippen molar-refractivity contribution < 1.29 is 4.92 Å². The van der Waals surface area contributed by atoms with Crippen molar-refractivity contribution in [3.05, 3.63) is 46.9 Å². The van der Waals surface area contributed by atoms with E-state index in [0.717, 1.165) is 11.3 Å². The second-order valence-corrected chi connectivity index (χ2v) is 3.20. The zero-order valence-corrected chi connectivity index (χ0v) is 8.12. The number of nitro groups is 1. The van der Waals surface area contributed by atoms with Gasteiger partial charge in [0.05, 0.1) is 23.1 Å². The van der Waals surface area contributed by atoms with Crippen LogP contribution in [0.5, 0.6) is 0 Å². The SMILES string of the molecule is Cn1cncc1-c1cccc([N+](=O)[O-])c1. The molecule has 76 valence electrons. The number of nitrogens with zero attached hydrogens (tertiary/aromatic N) is 3. The maximum atomic E-state index is 10.6. The average molecular weight is 203 g/mol. The largest absolute Gasteiger partial charge is 0.334 e. The summed E-state index contributed by atoms with van der Waals surface area (Å²) in [6.45, 7) is 0. The molecule has 0 bridgehead atoms. The fourth-order valence-electron chi connectivity index (χ4n) is 1.41. The number of imidazole rings is 1. The lowest BCUT2D eigenvalue weighted by atomic mass is 10.1. The van der Waals surface area contributed by atoms with Crippen molar-refractivity contribution in [1.29, 1.82) is 0 Å². The molecule has 0 spiro atoms. The highest BCUT2D eigenvalue weighted by Crippen LogP contribution is 2.22. The van der Waals surface area contributed by atoms with E-state index in [2.05, 4.69) is 4.98 Å². The first-order valence-corrected chi connectivity index (χ1v) is 4.39. The highest BCUT2D eigenvalue weighted by molar-refractivity contribution is 5.62. The summed E-state index contributed by atoms with van der Waals surface area (Å²) >= 11 is 0. The zero-order valence-electron chi connectivity index (χ0n) is 8.12. The number of non-ortho nitro benzene ring substituents is 1. The Bertz CT molecular complexity index is 505. The molecule has 2 aromatic rings. The van der Waals surface area contributed by atoms with Gasteiger partial charge >= 0.3 is 0 Å². The van der Waals surface area contributed by atoms with Crippen LogP contribution in [-0.2, 0) is 7.05 Å². The Morgan fingerprint density at radius 1 is 1.47 bits per heavy atom. The topological polar surface area (TPSA) is 61.0 Å². The van der Waals surface area contributed by atoms with Gasteiger partial charge in [0, 0.05) is 24.7 Å². The second kappa shape index (κ2) is 3.53. The molecule has 0 aliphatic heterocycles. The van der Waals surface area contributed by atoms with Gasteiger partial charge in [0.15, 0.2) is 0 Å². The fraction of sp³-hybridized carbons (Fsp3) is 0.100. The average Bonchev–Trinajstić information content (AvgIpc) is 2.64. The van der Waals surface area contributed by atoms with Crippen molar-refractivity contribution >= 4 is 5.69 Å². The smallest absolute Gasteiger partial charge is 0.270 e. The molecule has 1 heterocycles. The van der Waals surface area contributed by atoms with Gasteiger partial charge in [-0.3, -0.25) is 10.1 Å². The van der Waals surface area contributed by atoms with E-state index in [9.17, 15) is 10.1 Å². The predicted octanol–water partition coefficient (Wildman–Crippen LogP) is 2.00. The first-order valence-electron chi connectivity index (χ1n) is 4.39. The Kier molecular flexibility index (Phi) is 2.21. The van der Waals surface area contributed by atoms with Gasteiger partial charge in [0.25, 0.3) is 5.69 Å². The van der Waals surface area contributed by atoms with E-state index in [0.29, 0.717) is 0 Å². The molecule has 0 aliphatic rings. The van der Waals surface area contributed by atoms with Crippen LogP contribution in [0.4, 0.5) is 5.69 Å². The summed E-state index contributed by atoms with van der Waals surface area (Å²) in [5, 5.41) is 10.6. The molecule has 1 aromatic carbocycles. The summed E-state index contributed by atoms with van der Waals surface area (Å²) in [5.41, 5.74) is 1.75. The van der Waals surface area contributed by atoms with Crippen LogP contribution in [0, 0.1) is 10.1 Å². The lowest BCUT2D eigenvalue weighted by molar-refractivity contribution is -0.384. The molecular formula is C10H9N3O2. The minimum Gasteiger partial charge on any atom is -0.334 e. The van der Waals surface area contributed by atoms with E-state index in [1.165, 1.54) is 12.1 Å². The molecule has 5 heteroatoms. The molecule has 0 aliphatic carbocycles. The number of benzene rings is 1.